The summed E-state index contributed by atoms with van der Waals surface area (Å²) in [4.78, 5) is 20.2. The lowest BCUT2D eigenvalue weighted by atomic mass is 10.0. The molecular formula is C18H17FN4O. The normalized spacial score (nSPS) is 10.6. The summed E-state index contributed by atoms with van der Waals surface area (Å²) < 4.78 is 13.5. The number of hydrogen-bond acceptors (Lipinski definition) is 4. The minimum absolute atomic E-state index is 0.111. The molecule has 3 aromatic rings. The van der Waals surface area contributed by atoms with Crippen molar-refractivity contribution in [3.05, 3.63) is 65.7 Å². The Morgan fingerprint density at radius 2 is 2.00 bits per heavy atom. The number of hydrogen-bond donors (Lipinski definition) is 2. The quantitative estimate of drug-likeness (QED) is 0.757. The maximum Gasteiger partial charge on any atom is 0.251 e. The summed E-state index contributed by atoms with van der Waals surface area (Å²) in [5.41, 5.74) is 2.27. The summed E-state index contributed by atoms with van der Waals surface area (Å²) in [6, 6.07) is 11.9. The number of carbonyl (C=O) groups is 1. The Morgan fingerprint density at radius 1 is 1.17 bits per heavy atom. The van der Waals surface area contributed by atoms with Gasteiger partial charge in [-0.05, 0) is 36.2 Å². The third-order valence-electron chi connectivity index (χ3n) is 3.77. The fourth-order valence-electron chi connectivity index (χ4n) is 2.58. The summed E-state index contributed by atoms with van der Waals surface area (Å²) in [7, 11) is 1.61. The fourth-order valence-corrected chi connectivity index (χ4v) is 2.58. The molecule has 0 aliphatic heterocycles. The van der Waals surface area contributed by atoms with Gasteiger partial charge < -0.3 is 10.6 Å². The molecule has 0 radical (unpaired) electrons. The number of aromatic nitrogens is 2. The molecular weight excluding hydrogens is 307 g/mol. The number of amides is 1. The lowest BCUT2D eigenvalue weighted by Gasteiger charge is -2.11. The summed E-state index contributed by atoms with van der Waals surface area (Å²) in [6.45, 7) is 0.566. The molecule has 1 heterocycles. The highest BCUT2D eigenvalue weighted by atomic mass is 19.1. The van der Waals surface area contributed by atoms with Crippen LogP contribution in [0.4, 0.5) is 10.2 Å². The predicted molar refractivity (Wildman–Crippen MR) is 91.5 cm³/mol. The molecule has 0 aliphatic carbocycles. The molecule has 0 saturated carbocycles. The van der Waals surface area contributed by atoms with Crippen LogP contribution in [-0.2, 0) is 6.42 Å². The monoisotopic (exact) mass is 324 g/mol. The molecule has 5 nitrogen and oxygen atoms in total. The van der Waals surface area contributed by atoms with Crippen molar-refractivity contribution in [1.82, 2.24) is 15.3 Å². The van der Waals surface area contributed by atoms with Crippen LogP contribution in [0.5, 0.6) is 0 Å². The lowest BCUT2D eigenvalue weighted by Crippen LogP contribution is -2.20. The zero-order chi connectivity index (χ0) is 16.9. The van der Waals surface area contributed by atoms with E-state index in [9.17, 15) is 9.18 Å². The van der Waals surface area contributed by atoms with Gasteiger partial charge in [-0.1, -0.05) is 18.2 Å². The molecule has 0 aliphatic rings. The van der Waals surface area contributed by atoms with Gasteiger partial charge in [-0.3, -0.25) is 4.79 Å². The maximum absolute atomic E-state index is 13.5. The first kappa shape index (κ1) is 15.9. The Hall–Kier alpha value is -3.02. The Bertz CT molecular complexity index is 882. The Balaban J connectivity index is 1.76. The van der Waals surface area contributed by atoms with E-state index in [0.717, 1.165) is 5.56 Å². The molecule has 2 aromatic carbocycles. The number of benzene rings is 2. The van der Waals surface area contributed by atoms with Crippen LogP contribution in [0.3, 0.4) is 0 Å². The second-order valence-electron chi connectivity index (χ2n) is 5.30. The maximum atomic E-state index is 13.5. The highest BCUT2D eigenvalue weighted by Gasteiger charge is 2.09. The Morgan fingerprint density at radius 3 is 2.83 bits per heavy atom. The van der Waals surface area contributed by atoms with Crippen molar-refractivity contribution < 1.29 is 9.18 Å². The van der Waals surface area contributed by atoms with E-state index in [0.29, 0.717) is 35.2 Å². The molecule has 3 rings (SSSR count). The first-order valence-electron chi connectivity index (χ1n) is 7.63. The number of halogens is 1. The molecule has 0 spiro atoms. The van der Waals surface area contributed by atoms with Gasteiger partial charge in [0.15, 0.2) is 0 Å². The zero-order valence-corrected chi connectivity index (χ0v) is 13.2. The van der Waals surface area contributed by atoms with Crippen molar-refractivity contribution in [2.75, 3.05) is 18.9 Å². The topological polar surface area (TPSA) is 66.9 Å². The molecule has 0 bridgehead atoms. The molecule has 0 saturated heterocycles. The molecule has 0 atom stereocenters. The third kappa shape index (κ3) is 3.32. The van der Waals surface area contributed by atoms with E-state index in [1.54, 1.807) is 19.2 Å². The van der Waals surface area contributed by atoms with Gasteiger partial charge in [-0.25, -0.2) is 14.4 Å². The summed E-state index contributed by atoms with van der Waals surface area (Å²) in [5.74, 6) is 0.141. The van der Waals surface area contributed by atoms with Gasteiger partial charge in [0, 0.05) is 24.5 Å². The van der Waals surface area contributed by atoms with Gasteiger partial charge in [0.2, 0.25) is 0 Å². The second kappa shape index (κ2) is 7.04. The number of rotatable bonds is 5. The largest absolute Gasteiger partial charge is 0.369 e. The molecule has 0 fully saturated rings. The average molecular weight is 324 g/mol. The molecule has 1 aromatic heterocycles. The van der Waals surface area contributed by atoms with E-state index < -0.39 is 0 Å². The van der Waals surface area contributed by atoms with Crippen LogP contribution in [0, 0.1) is 5.82 Å². The number of nitrogens with one attached hydrogen (secondary N) is 2. The van der Waals surface area contributed by atoms with Crippen LogP contribution in [-0.4, -0.2) is 29.5 Å². The molecule has 6 heteroatoms. The van der Waals surface area contributed by atoms with E-state index in [-0.39, 0.29) is 11.7 Å². The van der Waals surface area contributed by atoms with Crippen molar-refractivity contribution in [3.63, 3.8) is 0 Å². The van der Waals surface area contributed by atoms with E-state index in [1.165, 1.54) is 18.5 Å². The molecule has 1 amide bonds. The molecule has 2 N–H and O–H groups in total. The van der Waals surface area contributed by atoms with Crippen molar-refractivity contribution in [1.29, 1.82) is 0 Å². The van der Waals surface area contributed by atoms with Gasteiger partial charge >= 0.3 is 0 Å². The van der Waals surface area contributed by atoms with Gasteiger partial charge in [-0.15, -0.1) is 0 Å². The minimum atomic E-state index is -0.328. The van der Waals surface area contributed by atoms with Crippen LogP contribution in [0.25, 0.3) is 10.9 Å². The van der Waals surface area contributed by atoms with Crippen molar-refractivity contribution in [3.8, 4) is 0 Å². The van der Waals surface area contributed by atoms with E-state index in [1.807, 2.05) is 18.2 Å². The molecule has 0 unspecified atom stereocenters. The first-order chi connectivity index (χ1) is 11.7. The number of nitrogens with zero attached hydrogens (tertiary/aromatic N) is 2. The highest BCUT2D eigenvalue weighted by molar-refractivity contribution is 5.95. The van der Waals surface area contributed by atoms with E-state index in [4.69, 9.17) is 0 Å². The summed E-state index contributed by atoms with van der Waals surface area (Å²) in [6.07, 6.45) is 2.09. The van der Waals surface area contributed by atoms with Crippen LogP contribution in [0.1, 0.15) is 15.9 Å². The number of anilines is 1. The Kier molecular flexibility index (Phi) is 4.65. The first-order valence-corrected chi connectivity index (χ1v) is 7.63. The van der Waals surface area contributed by atoms with Gasteiger partial charge in [0.25, 0.3) is 5.91 Å². The van der Waals surface area contributed by atoms with Crippen molar-refractivity contribution in [2.45, 2.75) is 6.42 Å². The smallest absolute Gasteiger partial charge is 0.251 e. The van der Waals surface area contributed by atoms with Gasteiger partial charge in [0.05, 0.1) is 5.52 Å². The SMILES string of the molecule is CNC(=O)c1ccccc1CCNc1ncnc2ccc(F)cc12. The fraction of sp³-hybridized carbons (Fsp3) is 0.167. The van der Waals surface area contributed by atoms with Gasteiger partial charge in [-0.2, -0.15) is 0 Å². The van der Waals surface area contributed by atoms with Crippen LogP contribution >= 0.6 is 0 Å². The van der Waals surface area contributed by atoms with E-state index >= 15 is 0 Å². The third-order valence-corrected chi connectivity index (χ3v) is 3.77. The minimum Gasteiger partial charge on any atom is -0.369 e. The van der Waals surface area contributed by atoms with Crippen LogP contribution < -0.4 is 10.6 Å². The summed E-state index contributed by atoms with van der Waals surface area (Å²) >= 11 is 0. The zero-order valence-electron chi connectivity index (χ0n) is 13.2. The second-order valence-corrected chi connectivity index (χ2v) is 5.30. The van der Waals surface area contributed by atoms with Crippen molar-refractivity contribution in [2.24, 2.45) is 0 Å². The standard InChI is InChI=1S/C18H17FN4O/c1-20-18(24)14-5-3-2-4-12(14)8-9-21-17-15-10-13(19)6-7-16(15)22-11-23-17/h2-7,10-11H,8-9H2,1H3,(H,20,24)(H,21,22,23). The summed E-state index contributed by atoms with van der Waals surface area (Å²) in [5, 5.41) is 6.47. The predicted octanol–water partition coefficient (Wildman–Crippen LogP) is 2.78. The molecule has 122 valence electrons. The highest BCUT2D eigenvalue weighted by Crippen LogP contribution is 2.20. The van der Waals surface area contributed by atoms with Gasteiger partial charge in [0.1, 0.15) is 18.0 Å². The van der Waals surface area contributed by atoms with Crippen LogP contribution in [0.2, 0.25) is 0 Å². The van der Waals surface area contributed by atoms with E-state index in [2.05, 4.69) is 20.6 Å². The van der Waals surface area contributed by atoms with Crippen molar-refractivity contribution >= 4 is 22.6 Å². The molecule has 24 heavy (non-hydrogen) atoms. The lowest BCUT2D eigenvalue weighted by molar-refractivity contribution is 0.0962. The Labute approximate surface area is 138 Å². The number of fused-ring (bicyclic) bond motifs is 1. The van der Waals surface area contributed by atoms with Crippen LogP contribution in [0.15, 0.2) is 48.8 Å². The number of carbonyl (C=O) groups excluding carboxylic acids is 1. The average Bonchev–Trinajstić information content (AvgIpc) is 2.62.